The molecule has 3 aliphatic rings. The molecule has 1 atom stereocenters. The van der Waals surface area contributed by atoms with E-state index in [1.54, 1.807) is 11.9 Å². The van der Waals surface area contributed by atoms with Crippen LogP contribution in [0.25, 0.3) is 16.5 Å². The third-order valence-corrected chi connectivity index (χ3v) is 6.81. The molecule has 2 heterocycles. The van der Waals surface area contributed by atoms with Crippen molar-refractivity contribution in [3.63, 3.8) is 0 Å². The Bertz CT molecular complexity index is 1440. The Labute approximate surface area is 185 Å². The van der Waals surface area contributed by atoms with Crippen molar-refractivity contribution >= 4 is 28.2 Å². The normalized spacial score (nSPS) is 19.9. The average Bonchev–Trinajstić information content (AvgIpc) is 3.12. The highest BCUT2D eigenvalue weighted by Crippen LogP contribution is 2.49. The van der Waals surface area contributed by atoms with Gasteiger partial charge in [-0.1, -0.05) is 73.3 Å². The van der Waals surface area contributed by atoms with E-state index in [9.17, 15) is 9.59 Å². The Morgan fingerprint density at radius 1 is 0.812 bits per heavy atom. The first kappa shape index (κ1) is 18.6. The minimum absolute atomic E-state index is 0.0323. The minimum Gasteiger partial charge on any atom is -0.340 e. The number of nitrogens with zero attached hydrogens (tertiary/aromatic N) is 2. The van der Waals surface area contributed by atoms with Crippen LogP contribution in [0.3, 0.4) is 0 Å². The van der Waals surface area contributed by atoms with Gasteiger partial charge in [0.25, 0.3) is 5.91 Å². The van der Waals surface area contributed by atoms with E-state index in [1.165, 1.54) is 0 Å². The molecular weight excluding hydrogens is 398 g/mol. The summed E-state index contributed by atoms with van der Waals surface area (Å²) in [6.45, 7) is 4.08. The molecule has 32 heavy (non-hydrogen) atoms. The van der Waals surface area contributed by atoms with Crippen molar-refractivity contribution in [3.05, 3.63) is 113 Å². The second-order valence-electron chi connectivity index (χ2n) is 8.39. The molecule has 3 aromatic rings. The standard InChI is InChI=1S/C27H21N3O2/c1-15-29(2)26-23(27(32)30(15)3)21(18-14-8-10-16-9-4-5-11-17(16)18)22-24(28-26)19-12-6-7-13-20(19)25(22)31/h4-14,21,28H,1H2,2-3H3. The number of likely N-dealkylation sites (N-methyl/N-ethyl adjacent to an activating group) is 1. The van der Waals surface area contributed by atoms with Crippen LogP contribution in [0.15, 0.2) is 96.1 Å². The van der Waals surface area contributed by atoms with Crippen LogP contribution in [-0.4, -0.2) is 35.6 Å². The molecule has 0 spiro atoms. The fraction of sp³-hybridized carbons (Fsp3) is 0.111. The van der Waals surface area contributed by atoms with E-state index in [2.05, 4.69) is 30.1 Å². The molecule has 1 amide bonds. The third kappa shape index (κ3) is 2.28. The van der Waals surface area contributed by atoms with E-state index in [4.69, 9.17) is 0 Å². The zero-order valence-corrected chi connectivity index (χ0v) is 17.8. The Morgan fingerprint density at radius 3 is 2.31 bits per heavy atom. The van der Waals surface area contributed by atoms with E-state index >= 15 is 0 Å². The van der Waals surface area contributed by atoms with Gasteiger partial charge in [0.05, 0.1) is 11.3 Å². The molecule has 5 nitrogen and oxygen atoms in total. The highest BCUT2D eigenvalue weighted by molar-refractivity contribution is 6.23. The number of amides is 1. The molecule has 3 aromatic carbocycles. The predicted molar refractivity (Wildman–Crippen MR) is 124 cm³/mol. The van der Waals surface area contributed by atoms with Gasteiger partial charge < -0.3 is 10.2 Å². The summed E-state index contributed by atoms with van der Waals surface area (Å²) >= 11 is 0. The lowest BCUT2D eigenvalue weighted by molar-refractivity contribution is -0.126. The lowest BCUT2D eigenvalue weighted by Gasteiger charge is -2.42. The smallest absolute Gasteiger partial charge is 0.259 e. The first-order chi connectivity index (χ1) is 15.5. The number of allylic oxidation sites excluding steroid dienone is 1. The average molecular weight is 419 g/mol. The predicted octanol–water partition coefficient (Wildman–Crippen LogP) is 4.22. The fourth-order valence-electron chi connectivity index (χ4n) is 5.13. The van der Waals surface area contributed by atoms with Crippen LogP contribution >= 0.6 is 0 Å². The maximum absolute atomic E-state index is 13.7. The number of rotatable bonds is 1. The summed E-state index contributed by atoms with van der Waals surface area (Å²) in [5.74, 6) is 0.593. The number of fused-ring (bicyclic) bond motifs is 3. The molecular formula is C27H21N3O2. The summed E-state index contributed by atoms with van der Waals surface area (Å²) in [6, 6.07) is 21.8. The van der Waals surface area contributed by atoms with Crippen LogP contribution in [0.2, 0.25) is 0 Å². The third-order valence-electron chi connectivity index (χ3n) is 6.81. The monoisotopic (exact) mass is 419 g/mol. The Hall–Kier alpha value is -4.12. The van der Waals surface area contributed by atoms with Gasteiger partial charge in [-0.05, 0) is 16.3 Å². The van der Waals surface area contributed by atoms with Crippen LogP contribution in [0.5, 0.6) is 0 Å². The number of benzene rings is 3. The lowest BCUT2D eigenvalue weighted by Crippen LogP contribution is -2.48. The van der Waals surface area contributed by atoms with Crippen LogP contribution in [0, 0.1) is 0 Å². The maximum atomic E-state index is 13.7. The number of nitrogens with one attached hydrogen (secondary N) is 1. The molecule has 0 fully saturated rings. The summed E-state index contributed by atoms with van der Waals surface area (Å²) in [4.78, 5) is 30.7. The van der Waals surface area contributed by atoms with Gasteiger partial charge in [0.15, 0.2) is 5.78 Å². The molecule has 1 unspecified atom stereocenters. The highest BCUT2D eigenvalue weighted by Gasteiger charge is 2.47. The summed E-state index contributed by atoms with van der Waals surface area (Å²) in [5, 5.41) is 5.55. The molecule has 156 valence electrons. The Kier molecular flexibility index (Phi) is 3.75. The van der Waals surface area contributed by atoms with Crippen molar-refractivity contribution in [2.24, 2.45) is 0 Å². The SMILES string of the molecule is C=C1N(C)C(=O)C2=C(NC3=C(C(=O)c4ccccc43)C2c2cccc3ccccc23)N1C. The van der Waals surface area contributed by atoms with Gasteiger partial charge in [-0.25, -0.2) is 0 Å². The van der Waals surface area contributed by atoms with Gasteiger partial charge in [0.2, 0.25) is 0 Å². The topological polar surface area (TPSA) is 52.7 Å². The minimum atomic E-state index is -0.488. The molecule has 1 aliphatic carbocycles. The number of hydrogen-bond donors (Lipinski definition) is 1. The van der Waals surface area contributed by atoms with Crippen LogP contribution in [0.4, 0.5) is 0 Å². The van der Waals surface area contributed by atoms with Gasteiger partial charge in [-0.3, -0.25) is 14.5 Å². The van der Waals surface area contributed by atoms with Crippen molar-refractivity contribution in [2.75, 3.05) is 14.1 Å². The van der Waals surface area contributed by atoms with Gasteiger partial charge >= 0.3 is 0 Å². The summed E-state index contributed by atoms with van der Waals surface area (Å²) in [5.41, 5.74) is 4.46. The zero-order valence-electron chi connectivity index (χ0n) is 17.8. The van der Waals surface area contributed by atoms with Crippen LogP contribution in [0.1, 0.15) is 27.4 Å². The molecule has 0 saturated heterocycles. The molecule has 0 radical (unpaired) electrons. The van der Waals surface area contributed by atoms with Gasteiger partial charge in [0, 0.05) is 36.7 Å². The van der Waals surface area contributed by atoms with Crippen molar-refractivity contribution < 1.29 is 9.59 Å². The molecule has 6 rings (SSSR count). The summed E-state index contributed by atoms with van der Waals surface area (Å²) < 4.78 is 0. The second kappa shape index (κ2) is 6.44. The molecule has 0 aromatic heterocycles. The quantitative estimate of drug-likeness (QED) is 0.642. The number of ketones is 1. The van der Waals surface area contributed by atoms with E-state index in [1.807, 2.05) is 60.5 Å². The molecule has 0 bridgehead atoms. The summed E-state index contributed by atoms with van der Waals surface area (Å²) in [6.07, 6.45) is 0. The van der Waals surface area contributed by atoms with Gasteiger partial charge in [-0.2, -0.15) is 0 Å². The van der Waals surface area contributed by atoms with Crippen molar-refractivity contribution in [1.82, 2.24) is 15.1 Å². The van der Waals surface area contributed by atoms with Crippen LogP contribution < -0.4 is 5.32 Å². The lowest BCUT2D eigenvalue weighted by atomic mass is 9.78. The molecule has 2 aliphatic heterocycles. The van der Waals surface area contributed by atoms with E-state index < -0.39 is 5.92 Å². The highest BCUT2D eigenvalue weighted by atomic mass is 16.2. The zero-order chi connectivity index (χ0) is 22.1. The first-order valence-corrected chi connectivity index (χ1v) is 10.6. The van der Waals surface area contributed by atoms with Gasteiger partial charge in [0.1, 0.15) is 11.6 Å². The molecule has 5 heteroatoms. The first-order valence-electron chi connectivity index (χ1n) is 10.6. The Morgan fingerprint density at radius 2 is 1.50 bits per heavy atom. The van der Waals surface area contributed by atoms with E-state index in [0.29, 0.717) is 28.4 Å². The number of carbonyl (C=O) groups is 2. The van der Waals surface area contributed by atoms with Crippen molar-refractivity contribution in [2.45, 2.75) is 5.92 Å². The largest absolute Gasteiger partial charge is 0.340 e. The number of carbonyl (C=O) groups excluding carboxylic acids is 2. The number of dihydropyridines is 1. The van der Waals surface area contributed by atoms with E-state index in [-0.39, 0.29) is 11.7 Å². The van der Waals surface area contributed by atoms with E-state index in [0.717, 1.165) is 27.6 Å². The fourth-order valence-corrected chi connectivity index (χ4v) is 5.13. The molecule has 1 N–H and O–H groups in total. The number of Topliss-reactive ketones (excluding diaryl/α,β-unsaturated/α-hetero) is 1. The van der Waals surface area contributed by atoms with Gasteiger partial charge in [-0.15, -0.1) is 0 Å². The maximum Gasteiger partial charge on any atom is 0.259 e. The summed E-state index contributed by atoms with van der Waals surface area (Å²) in [7, 11) is 3.61. The Balaban J connectivity index is 1.69. The molecule has 0 saturated carbocycles. The van der Waals surface area contributed by atoms with Crippen molar-refractivity contribution in [3.8, 4) is 0 Å². The number of hydrogen-bond acceptors (Lipinski definition) is 4. The van der Waals surface area contributed by atoms with Crippen molar-refractivity contribution in [1.29, 1.82) is 0 Å². The second-order valence-corrected chi connectivity index (χ2v) is 8.39. The van der Waals surface area contributed by atoms with Crippen LogP contribution in [-0.2, 0) is 4.79 Å².